The van der Waals surface area contributed by atoms with Gasteiger partial charge in [-0.05, 0) is 29.8 Å². The summed E-state index contributed by atoms with van der Waals surface area (Å²) in [7, 11) is 1.68. The summed E-state index contributed by atoms with van der Waals surface area (Å²) in [5.41, 5.74) is 1.32. The van der Waals surface area contributed by atoms with Crippen molar-refractivity contribution in [1.82, 2.24) is 19.7 Å². The van der Waals surface area contributed by atoms with Crippen LogP contribution in [0.4, 0.5) is 10.5 Å². The lowest BCUT2D eigenvalue weighted by Gasteiger charge is -2.25. The quantitative estimate of drug-likeness (QED) is 0.442. The van der Waals surface area contributed by atoms with E-state index in [2.05, 4.69) is 5.32 Å². The summed E-state index contributed by atoms with van der Waals surface area (Å²) in [5.74, 6) is -0.338. The number of nitrogens with zero attached hydrogens (tertiary/aromatic N) is 2. The fourth-order valence-corrected chi connectivity index (χ4v) is 3.57. The zero-order chi connectivity index (χ0) is 25.3. The number of ether oxygens (including phenoxy) is 1. The average Bonchev–Trinajstić information content (AvgIpc) is 2.81. The summed E-state index contributed by atoms with van der Waals surface area (Å²) in [6.45, 7) is -0.526. The second-order valence-electron chi connectivity index (χ2n) is 7.53. The van der Waals surface area contributed by atoms with Crippen LogP contribution in [0.5, 0.6) is 5.75 Å². The number of benzene rings is 2. The fourth-order valence-electron chi connectivity index (χ4n) is 2.88. The van der Waals surface area contributed by atoms with Gasteiger partial charge >= 0.3 is 16.2 Å². The first-order chi connectivity index (χ1) is 16.0. The van der Waals surface area contributed by atoms with Gasteiger partial charge in [-0.2, -0.15) is 13.1 Å². The van der Waals surface area contributed by atoms with E-state index in [1.165, 1.54) is 31.0 Å². The monoisotopic (exact) mass is 491 g/mol. The molecule has 1 atom stereocenters. The van der Waals surface area contributed by atoms with E-state index >= 15 is 0 Å². The third kappa shape index (κ3) is 8.05. The number of hydrogen-bond donors (Lipinski definition) is 3. The van der Waals surface area contributed by atoms with Crippen LogP contribution in [0.2, 0.25) is 0 Å². The number of likely N-dealkylation sites (N-methyl/N-ethyl adjacent to an activating group) is 2. The molecule has 0 saturated carbocycles. The van der Waals surface area contributed by atoms with Crippen molar-refractivity contribution in [2.24, 2.45) is 0 Å². The molecule has 0 spiro atoms. The van der Waals surface area contributed by atoms with E-state index in [9.17, 15) is 22.8 Å². The molecule has 12 heteroatoms. The average molecular weight is 492 g/mol. The summed E-state index contributed by atoms with van der Waals surface area (Å²) in [6, 6.07) is 13.6. The third-order valence-corrected chi connectivity index (χ3v) is 5.79. The van der Waals surface area contributed by atoms with E-state index in [1.54, 1.807) is 60.3 Å². The minimum absolute atomic E-state index is 0.125. The Labute approximate surface area is 199 Å². The molecule has 184 valence electrons. The first-order valence-electron chi connectivity index (χ1n) is 10.3. The summed E-state index contributed by atoms with van der Waals surface area (Å²) in [4.78, 5) is 39.9. The van der Waals surface area contributed by atoms with Gasteiger partial charge in [0.1, 0.15) is 11.8 Å². The second kappa shape index (κ2) is 12.0. The molecule has 0 saturated heterocycles. The highest BCUT2D eigenvalue weighted by Gasteiger charge is 2.27. The van der Waals surface area contributed by atoms with Gasteiger partial charge in [0.2, 0.25) is 11.8 Å². The summed E-state index contributed by atoms with van der Waals surface area (Å²) in [5, 5.41) is 2.42. The Morgan fingerprint density at radius 1 is 0.971 bits per heavy atom. The molecule has 0 fully saturated rings. The van der Waals surface area contributed by atoms with E-state index < -0.39 is 40.6 Å². The molecule has 0 heterocycles. The maximum absolute atomic E-state index is 13.2. The van der Waals surface area contributed by atoms with Crippen LogP contribution < -0.4 is 24.4 Å². The summed E-state index contributed by atoms with van der Waals surface area (Å²) in [6.07, 6.45) is 0.125. The topological polar surface area (TPSA) is 137 Å². The fraction of sp³-hybridized carbons (Fsp3) is 0.318. The number of carbonyl (C=O) groups excluding carboxylic acids is 3. The number of hydrogen-bond acceptors (Lipinski definition) is 6. The van der Waals surface area contributed by atoms with Gasteiger partial charge in [-0.15, -0.1) is 0 Å². The maximum Gasteiger partial charge on any atom is 0.330 e. The first-order valence-corrected chi connectivity index (χ1v) is 11.7. The number of nitrogens with one attached hydrogen (secondary N) is 3. The van der Waals surface area contributed by atoms with Crippen molar-refractivity contribution in [2.75, 3.05) is 39.7 Å². The minimum atomic E-state index is -4.33. The zero-order valence-corrected chi connectivity index (χ0v) is 20.3. The Balaban J connectivity index is 2.15. The van der Waals surface area contributed by atoms with Crippen LogP contribution in [-0.2, 0) is 26.2 Å². The first kappa shape index (κ1) is 26.6. The largest absolute Gasteiger partial charge is 0.497 e. The number of carbonyl (C=O) groups is 3. The number of amides is 4. The van der Waals surface area contributed by atoms with Gasteiger partial charge in [0.25, 0.3) is 0 Å². The minimum Gasteiger partial charge on any atom is -0.497 e. The van der Waals surface area contributed by atoms with Crippen molar-refractivity contribution in [2.45, 2.75) is 12.5 Å². The molecule has 11 nitrogen and oxygen atoms in total. The maximum atomic E-state index is 13.2. The molecule has 0 aliphatic rings. The third-order valence-electron chi connectivity index (χ3n) is 4.82. The molecular formula is C22H29N5O6S. The number of rotatable bonds is 10. The van der Waals surface area contributed by atoms with Crippen LogP contribution in [-0.4, -0.2) is 72.0 Å². The van der Waals surface area contributed by atoms with Gasteiger partial charge in [0.05, 0.1) is 13.7 Å². The van der Waals surface area contributed by atoms with Crippen LogP contribution in [0, 0.1) is 0 Å². The van der Waals surface area contributed by atoms with Crippen molar-refractivity contribution in [1.29, 1.82) is 0 Å². The molecule has 2 aromatic carbocycles. The lowest BCUT2D eigenvalue weighted by Crippen LogP contribution is -2.54. The van der Waals surface area contributed by atoms with Crippen molar-refractivity contribution in [3.8, 4) is 5.75 Å². The molecule has 34 heavy (non-hydrogen) atoms. The second-order valence-corrected chi connectivity index (χ2v) is 9.03. The van der Waals surface area contributed by atoms with E-state index in [0.717, 1.165) is 5.56 Å². The van der Waals surface area contributed by atoms with Crippen LogP contribution in [0.25, 0.3) is 0 Å². The summed E-state index contributed by atoms with van der Waals surface area (Å²) < 4.78 is 33.1. The predicted molar refractivity (Wildman–Crippen MR) is 128 cm³/mol. The lowest BCUT2D eigenvalue weighted by molar-refractivity contribution is -0.127. The van der Waals surface area contributed by atoms with Gasteiger partial charge in [-0.1, -0.05) is 30.3 Å². The van der Waals surface area contributed by atoms with E-state index in [4.69, 9.17) is 4.74 Å². The molecule has 0 aliphatic carbocycles. The molecule has 0 unspecified atom stereocenters. The number of urea groups is 1. The SMILES string of the molecule is COc1ccc(N(C)C(=O)[C@H](Cc2ccccc2)NC(=O)NS(=O)(=O)NCC(=O)N(C)C)cc1. The Hall–Kier alpha value is -3.64. The van der Waals surface area contributed by atoms with Gasteiger partial charge in [0.15, 0.2) is 0 Å². The number of methoxy groups -OCH3 is 1. The molecule has 2 rings (SSSR count). The highest BCUT2D eigenvalue weighted by Crippen LogP contribution is 2.19. The highest BCUT2D eigenvalue weighted by atomic mass is 32.2. The highest BCUT2D eigenvalue weighted by molar-refractivity contribution is 7.88. The normalized spacial score (nSPS) is 11.8. The Morgan fingerprint density at radius 2 is 1.59 bits per heavy atom. The Morgan fingerprint density at radius 3 is 2.15 bits per heavy atom. The van der Waals surface area contributed by atoms with Crippen LogP contribution in [0.1, 0.15) is 5.56 Å². The number of anilines is 1. The van der Waals surface area contributed by atoms with Crippen LogP contribution in [0.15, 0.2) is 54.6 Å². The summed E-state index contributed by atoms with van der Waals surface area (Å²) >= 11 is 0. The van der Waals surface area contributed by atoms with E-state index in [1.807, 2.05) is 10.8 Å². The Bertz CT molecular complexity index is 1090. The molecule has 0 bridgehead atoms. The standard InChI is InChI=1S/C22H29N5O6S/c1-26(2)20(28)15-23-34(31,32)25-22(30)24-19(14-16-8-6-5-7-9-16)21(29)27(3)17-10-12-18(33-4)13-11-17/h5-13,19,23H,14-15H2,1-4H3,(H2,24,25,30)/t19-/m0/s1. The lowest BCUT2D eigenvalue weighted by atomic mass is 10.0. The smallest absolute Gasteiger partial charge is 0.330 e. The zero-order valence-electron chi connectivity index (χ0n) is 19.4. The van der Waals surface area contributed by atoms with Gasteiger partial charge < -0.3 is 19.9 Å². The molecule has 3 N–H and O–H groups in total. The van der Waals surface area contributed by atoms with Gasteiger partial charge in [-0.3, -0.25) is 9.59 Å². The van der Waals surface area contributed by atoms with Crippen LogP contribution in [0.3, 0.4) is 0 Å². The van der Waals surface area contributed by atoms with E-state index in [-0.39, 0.29) is 6.42 Å². The molecular weight excluding hydrogens is 462 g/mol. The predicted octanol–water partition coefficient (Wildman–Crippen LogP) is 0.491. The molecule has 4 amide bonds. The van der Waals surface area contributed by atoms with Gasteiger partial charge in [-0.25, -0.2) is 9.52 Å². The molecule has 0 radical (unpaired) electrons. The van der Waals surface area contributed by atoms with Crippen molar-refractivity contribution >= 4 is 33.7 Å². The Kier molecular flexibility index (Phi) is 9.39. The van der Waals surface area contributed by atoms with E-state index in [0.29, 0.717) is 11.4 Å². The van der Waals surface area contributed by atoms with Crippen LogP contribution >= 0.6 is 0 Å². The van der Waals surface area contributed by atoms with Crippen molar-refractivity contribution in [3.63, 3.8) is 0 Å². The van der Waals surface area contributed by atoms with Gasteiger partial charge in [0, 0.05) is 33.3 Å². The molecule has 0 aromatic heterocycles. The molecule has 0 aliphatic heterocycles. The van der Waals surface area contributed by atoms with Crippen molar-refractivity contribution in [3.05, 3.63) is 60.2 Å². The van der Waals surface area contributed by atoms with Crippen molar-refractivity contribution < 1.29 is 27.5 Å². The molecule has 2 aromatic rings.